The monoisotopic (exact) mass is 221 g/mol. The zero-order valence-corrected chi connectivity index (χ0v) is 8.66. The summed E-state index contributed by atoms with van der Waals surface area (Å²) >= 11 is 0. The Morgan fingerprint density at radius 2 is 1.87 bits per heavy atom. The quantitative estimate of drug-likeness (QED) is 0.762. The zero-order valence-electron chi connectivity index (χ0n) is 8.66. The Balaban J connectivity index is 1.72. The molecule has 0 aromatic heterocycles. The molecule has 2 aliphatic rings. The molecule has 2 saturated heterocycles. The number of hydrogen-bond acceptors (Lipinski definition) is 3. The van der Waals surface area contributed by atoms with Crippen LogP contribution in [0.4, 0.5) is 8.78 Å². The van der Waals surface area contributed by atoms with E-state index < -0.39 is 12.5 Å². The van der Waals surface area contributed by atoms with Gasteiger partial charge in [0.1, 0.15) is 6.10 Å². The van der Waals surface area contributed by atoms with Gasteiger partial charge in [0.25, 0.3) is 6.43 Å². The number of halogens is 2. The van der Waals surface area contributed by atoms with Crippen molar-refractivity contribution in [1.29, 1.82) is 0 Å². The van der Waals surface area contributed by atoms with Crippen LogP contribution in [0.25, 0.3) is 0 Å². The van der Waals surface area contributed by atoms with Gasteiger partial charge in [-0.2, -0.15) is 0 Å². The highest BCUT2D eigenvalue weighted by Gasteiger charge is 2.44. The van der Waals surface area contributed by atoms with Gasteiger partial charge in [-0.3, -0.25) is 4.90 Å². The van der Waals surface area contributed by atoms with E-state index in [1.54, 1.807) is 0 Å². The molecule has 1 spiro atoms. The fourth-order valence-electron chi connectivity index (χ4n) is 2.50. The average Bonchev–Trinajstić information content (AvgIpc) is 2.16. The molecule has 0 aromatic rings. The molecule has 88 valence electrons. The van der Waals surface area contributed by atoms with E-state index >= 15 is 0 Å². The van der Waals surface area contributed by atoms with Gasteiger partial charge in [-0.25, -0.2) is 8.78 Å². The normalized spacial score (nSPS) is 28.0. The molecule has 2 rings (SSSR count). The Kier molecular flexibility index (Phi) is 3.23. The first-order valence-electron chi connectivity index (χ1n) is 5.38. The standard InChI is InChI=1S/C10H17F2NO2/c11-9(12)8(14)5-13-6-10(7-13)1-3-15-4-2-10/h8-9,14H,1-7H2. The molecule has 0 aliphatic carbocycles. The van der Waals surface area contributed by atoms with Crippen molar-refractivity contribution in [3.8, 4) is 0 Å². The van der Waals surface area contributed by atoms with Crippen LogP contribution in [-0.4, -0.2) is 55.4 Å². The lowest BCUT2D eigenvalue weighted by Crippen LogP contribution is -2.60. The average molecular weight is 221 g/mol. The van der Waals surface area contributed by atoms with Crippen molar-refractivity contribution in [3.05, 3.63) is 0 Å². The van der Waals surface area contributed by atoms with Crippen LogP contribution in [0.15, 0.2) is 0 Å². The van der Waals surface area contributed by atoms with Gasteiger partial charge in [0.15, 0.2) is 0 Å². The summed E-state index contributed by atoms with van der Waals surface area (Å²) in [6, 6.07) is 0. The SMILES string of the molecule is OC(CN1CC2(CCOCC2)C1)C(F)F. The molecule has 1 N–H and O–H groups in total. The summed E-state index contributed by atoms with van der Waals surface area (Å²) in [5.74, 6) is 0. The van der Waals surface area contributed by atoms with E-state index in [9.17, 15) is 8.78 Å². The van der Waals surface area contributed by atoms with Crippen LogP contribution >= 0.6 is 0 Å². The maximum atomic E-state index is 12.1. The van der Waals surface area contributed by atoms with Crippen molar-refractivity contribution < 1.29 is 18.6 Å². The molecule has 5 heteroatoms. The second-order valence-corrected chi connectivity index (χ2v) is 4.68. The Hall–Kier alpha value is -0.260. The van der Waals surface area contributed by atoms with E-state index in [4.69, 9.17) is 9.84 Å². The molecule has 15 heavy (non-hydrogen) atoms. The minimum Gasteiger partial charge on any atom is -0.386 e. The number of β-amino-alcohol motifs (C(OH)–C–C–N with tert-alkyl or cyclic N) is 1. The predicted octanol–water partition coefficient (Wildman–Crippen LogP) is 0.725. The maximum absolute atomic E-state index is 12.1. The molecule has 3 nitrogen and oxygen atoms in total. The third-order valence-corrected chi connectivity index (χ3v) is 3.41. The summed E-state index contributed by atoms with van der Waals surface area (Å²) in [6.07, 6.45) is -2.08. The van der Waals surface area contributed by atoms with Crippen LogP contribution in [0.5, 0.6) is 0 Å². The Morgan fingerprint density at radius 3 is 2.40 bits per heavy atom. The number of nitrogens with zero attached hydrogens (tertiary/aromatic N) is 1. The summed E-state index contributed by atoms with van der Waals surface area (Å²) in [5, 5.41) is 9.03. The molecule has 2 aliphatic heterocycles. The van der Waals surface area contributed by atoms with Gasteiger partial charge in [0.2, 0.25) is 0 Å². The van der Waals surface area contributed by atoms with Gasteiger partial charge in [-0.05, 0) is 12.8 Å². The number of likely N-dealkylation sites (tertiary alicyclic amines) is 1. The molecular formula is C10H17F2NO2. The van der Waals surface area contributed by atoms with Crippen molar-refractivity contribution >= 4 is 0 Å². The van der Waals surface area contributed by atoms with Crippen LogP contribution in [0, 0.1) is 5.41 Å². The number of alkyl halides is 2. The van der Waals surface area contributed by atoms with Crippen LogP contribution in [0.2, 0.25) is 0 Å². The van der Waals surface area contributed by atoms with Crippen LogP contribution in [-0.2, 0) is 4.74 Å². The first-order valence-corrected chi connectivity index (χ1v) is 5.38. The summed E-state index contributed by atoms with van der Waals surface area (Å²) in [6.45, 7) is 3.33. The van der Waals surface area contributed by atoms with E-state index in [0.717, 1.165) is 39.1 Å². The first kappa shape index (κ1) is 11.2. The van der Waals surface area contributed by atoms with Crippen molar-refractivity contribution in [2.45, 2.75) is 25.4 Å². The maximum Gasteiger partial charge on any atom is 0.265 e. The number of hydrogen-bond donors (Lipinski definition) is 1. The molecule has 0 amide bonds. The number of aliphatic hydroxyl groups is 1. The lowest BCUT2D eigenvalue weighted by Gasteiger charge is -2.52. The van der Waals surface area contributed by atoms with E-state index in [2.05, 4.69) is 0 Å². The van der Waals surface area contributed by atoms with Crippen molar-refractivity contribution in [2.75, 3.05) is 32.8 Å². The van der Waals surface area contributed by atoms with E-state index in [1.807, 2.05) is 4.90 Å². The van der Waals surface area contributed by atoms with Gasteiger partial charge in [0, 0.05) is 38.3 Å². The first-order chi connectivity index (χ1) is 7.11. The van der Waals surface area contributed by atoms with Crippen molar-refractivity contribution in [1.82, 2.24) is 4.90 Å². The molecule has 0 saturated carbocycles. The topological polar surface area (TPSA) is 32.7 Å². The molecule has 0 radical (unpaired) electrons. The summed E-state index contributed by atoms with van der Waals surface area (Å²) in [4.78, 5) is 1.90. The summed E-state index contributed by atoms with van der Waals surface area (Å²) in [5.41, 5.74) is 0.292. The van der Waals surface area contributed by atoms with E-state index in [0.29, 0.717) is 5.41 Å². The highest BCUT2D eigenvalue weighted by Crippen LogP contribution is 2.39. The molecule has 1 unspecified atom stereocenters. The second kappa shape index (κ2) is 4.31. The summed E-state index contributed by atoms with van der Waals surface area (Å²) in [7, 11) is 0. The molecule has 0 aromatic carbocycles. The Labute approximate surface area is 88.0 Å². The van der Waals surface area contributed by atoms with Gasteiger partial charge >= 0.3 is 0 Å². The minimum absolute atomic E-state index is 0.0975. The number of ether oxygens (including phenoxy) is 1. The molecule has 2 heterocycles. The zero-order chi connectivity index (χ0) is 10.9. The predicted molar refractivity (Wildman–Crippen MR) is 50.9 cm³/mol. The van der Waals surface area contributed by atoms with E-state index in [-0.39, 0.29) is 6.54 Å². The third kappa shape index (κ3) is 2.46. The minimum atomic E-state index is -2.63. The molecular weight excluding hydrogens is 204 g/mol. The lowest BCUT2D eigenvalue weighted by molar-refractivity contribution is -0.107. The highest BCUT2D eigenvalue weighted by atomic mass is 19.3. The van der Waals surface area contributed by atoms with Crippen molar-refractivity contribution in [2.24, 2.45) is 5.41 Å². The Bertz CT molecular complexity index is 211. The Morgan fingerprint density at radius 1 is 1.27 bits per heavy atom. The molecule has 0 bridgehead atoms. The van der Waals surface area contributed by atoms with Gasteiger partial charge in [0.05, 0.1) is 0 Å². The van der Waals surface area contributed by atoms with Crippen LogP contribution in [0.3, 0.4) is 0 Å². The van der Waals surface area contributed by atoms with Gasteiger partial charge in [-0.15, -0.1) is 0 Å². The molecule has 2 fully saturated rings. The molecule has 1 atom stereocenters. The number of aliphatic hydroxyl groups excluding tert-OH is 1. The van der Waals surface area contributed by atoms with Crippen LogP contribution < -0.4 is 0 Å². The fraction of sp³-hybridized carbons (Fsp3) is 1.00. The van der Waals surface area contributed by atoms with Crippen molar-refractivity contribution in [3.63, 3.8) is 0 Å². The second-order valence-electron chi connectivity index (χ2n) is 4.68. The highest BCUT2D eigenvalue weighted by molar-refractivity contribution is 4.96. The number of rotatable bonds is 3. The van der Waals surface area contributed by atoms with Crippen LogP contribution in [0.1, 0.15) is 12.8 Å². The van der Waals surface area contributed by atoms with E-state index in [1.165, 1.54) is 0 Å². The van der Waals surface area contributed by atoms with Gasteiger partial charge < -0.3 is 9.84 Å². The van der Waals surface area contributed by atoms with Gasteiger partial charge in [-0.1, -0.05) is 0 Å². The largest absolute Gasteiger partial charge is 0.386 e. The summed E-state index contributed by atoms with van der Waals surface area (Å²) < 4.78 is 29.4. The fourth-order valence-corrected chi connectivity index (χ4v) is 2.50. The lowest BCUT2D eigenvalue weighted by atomic mass is 9.73. The third-order valence-electron chi connectivity index (χ3n) is 3.41. The smallest absolute Gasteiger partial charge is 0.265 e.